The van der Waals surface area contributed by atoms with E-state index in [1.54, 1.807) is 0 Å². The van der Waals surface area contributed by atoms with E-state index in [2.05, 4.69) is 5.32 Å². The first kappa shape index (κ1) is 38.4. The van der Waals surface area contributed by atoms with Gasteiger partial charge >= 0.3 is 5.97 Å². The van der Waals surface area contributed by atoms with Gasteiger partial charge in [-0.05, 0) is 39.5 Å². The second-order valence-corrected chi connectivity index (χ2v) is 16.9. The van der Waals surface area contributed by atoms with Crippen LogP contribution in [0, 0.1) is 0 Å². The first-order valence-corrected chi connectivity index (χ1v) is 20.3. The summed E-state index contributed by atoms with van der Waals surface area (Å²) in [5.74, 6) is -1.28. The van der Waals surface area contributed by atoms with E-state index in [9.17, 15) is 14.7 Å². The van der Waals surface area contributed by atoms with Crippen molar-refractivity contribution in [1.82, 2.24) is 10.2 Å². The van der Waals surface area contributed by atoms with Crippen LogP contribution < -0.4 is 21.2 Å². The van der Waals surface area contributed by atoms with E-state index < -0.39 is 37.5 Å². The maximum Gasteiger partial charge on any atom is 0.351 e. The van der Waals surface area contributed by atoms with Crippen molar-refractivity contribution in [2.24, 2.45) is 0 Å². The van der Waals surface area contributed by atoms with Gasteiger partial charge in [-0.15, -0.1) is 0 Å². The van der Waals surface area contributed by atoms with Crippen LogP contribution in [0.3, 0.4) is 0 Å². The summed E-state index contributed by atoms with van der Waals surface area (Å²) < 4.78 is 13.0. The van der Waals surface area contributed by atoms with Crippen molar-refractivity contribution in [2.45, 2.75) is 37.9 Å². The van der Waals surface area contributed by atoms with Crippen LogP contribution in [-0.2, 0) is 30.3 Å². The number of carbonyl (C=O) groups is 3. The number of rotatable bonds is 14. The normalized spacial score (nSPS) is 16.7. The molecular weight excluding hydrogens is 719 g/mol. The van der Waals surface area contributed by atoms with Gasteiger partial charge in [0.25, 0.3) is 0 Å². The maximum atomic E-state index is 15.7. The van der Waals surface area contributed by atoms with Crippen LogP contribution in [0.2, 0.25) is 0 Å². The van der Waals surface area contributed by atoms with Crippen LogP contribution in [0.5, 0.6) is 0 Å². The van der Waals surface area contributed by atoms with Crippen LogP contribution in [0.1, 0.15) is 29.7 Å². The molecule has 0 aliphatic carbocycles. The number of aliphatic hydroxyl groups is 1. The number of ether oxygens (including phenoxy) is 2. The summed E-state index contributed by atoms with van der Waals surface area (Å²) in [5.41, 5.74) is 2.47. The molecule has 3 atom stereocenters. The molecule has 3 unspecified atom stereocenters. The molecule has 9 heteroatoms. The van der Waals surface area contributed by atoms with Gasteiger partial charge < -0.3 is 19.9 Å². The number of carbonyl (C=O) groups excluding carboxylic acids is 3. The van der Waals surface area contributed by atoms with Gasteiger partial charge in [0, 0.05) is 6.89 Å². The monoisotopic (exact) mass is 762 g/mol. The van der Waals surface area contributed by atoms with Crippen molar-refractivity contribution >= 4 is 45.9 Å². The average molecular weight is 763 g/mol. The summed E-state index contributed by atoms with van der Waals surface area (Å²) in [6, 6.07) is 56.6. The zero-order chi connectivity index (χ0) is 38.9. The highest BCUT2D eigenvalue weighted by molar-refractivity contribution is 7.96. The van der Waals surface area contributed by atoms with Crippen molar-refractivity contribution in [1.29, 1.82) is 0 Å². The Labute approximate surface area is 327 Å². The largest absolute Gasteiger partial charge is 0.448 e. The Bertz CT molecular complexity index is 2150. The number of aliphatic hydroxyl groups excluding tert-OH is 1. The minimum Gasteiger partial charge on any atom is -0.448 e. The fraction of sp³-hybridized carbons (Fsp3) is 0.149. The third-order valence-electron chi connectivity index (χ3n) is 9.78. The van der Waals surface area contributed by atoms with E-state index >= 15 is 4.79 Å². The minimum absolute atomic E-state index is 0.0624. The molecule has 282 valence electrons. The summed E-state index contributed by atoms with van der Waals surface area (Å²) in [7, 11) is 0. The molecule has 1 saturated heterocycles. The number of benzene rings is 6. The molecule has 56 heavy (non-hydrogen) atoms. The third kappa shape index (κ3) is 8.06. The molecular formula is C47H43N2O6P. The molecule has 1 amide bonds. The van der Waals surface area contributed by atoms with Crippen molar-refractivity contribution in [3.8, 4) is 0 Å². The van der Waals surface area contributed by atoms with Gasteiger partial charge in [0.1, 0.15) is 30.5 Å². The zero-order valence-corrected chi connectivity index (χ0v) is 31.8. The van der Waals surface area contributed by atoms with Crippen LogP contribution in [-0.4, -0.2) is 58.2 Å². The molecule has 0 saturated carbocycles. The Hall–Kier alpha value is -5.89. The standard InChI is InChI=1S/C47H43N2O6P/c1-34(50)33-54-45-42(48-41(51)32-35-20-8-2-9-21-35)44(52)49(45)46(47(53)55-43(36-22-10-3-11-23-36)37-24-12-4-13-25-37)56(38-26-14-5-15-27-38,39-28-16-6-17-29-39)40-30-18-7-19-31-40/h2-31,42-45,52H,32-33H2,1H3,(H,48,51). The molecule has 1 aliphatic rings. The Morgan fingerprint density at radius 2 is 1.05 bits per heavy atom. The molecule has 0 aromatic heterocycles. The molecule has 8 nitrogen and oxygen atoms in total. The summed E-state index contributed by atoms with van der Waals surface area (Å²) in [6.45, 7) is -2.20. The Balaban J connectivity index is 1.48. The topological polar surface area (TPSA) is 105 Å². The Morgan fingerprint density at radius 3 is 1.48 bits per heavy atom. The van der Waals surface area contributed by atoms with Gasteiger partial charge in [-0.25, -0.2) is 9.69 Å². The van der Waals surface area contributed by atoms with Gasteiger partial charge in [-0.1, -0.05) is 182 Å². The van der Waals surface area contributed by atoms with E-state index in [0.29, 0.717) is 0 Å². The molecule has 1 heterocycles. The van der Waals surface area contributed by atoms with E-state index in [4.69, 9.17) is 9.47 Å². The first-order chi connectivity index (χ1) is 27.4. The lowest BCUT2D eigenvalue weighted by Gasteiger charge is -2.53. The number of hydrogen-bond acceptors (Lipinski definition) is 6. The van der Waals surface area contributed by atoms with Crippen LogP contribution in [0.15, 0.2) is 182 Å². The summed E-state index contributed by atoms with van der Waals surface area (Å²) in [6.07, 6.45) is -3.30. The lowest BCUT2D eigenvalue weighted by atomic mass is 10.0. The SMILES string of the molecule is CC(=O)COC1C(NC(=O)Cc2ccccc2)C(O)N1C(C(=O)OC(c1ccccc1)c1ccccc1)=P(c1ccccc1)(c1ccccc1)c1ccccc1. The highest BCUT2D eigenvalue weighted by Crippen LogP contribution is 2.49. The Morgan fingerprint density at radius 1 is 0.643 bits per heavy atom. The van der Waals surface area contributed by atoms with Crippen LogP contribution in [0.25, 0.3) is 0 Å². The summed E-state index contributed by atoms with van der Waals surface area (Å²) >= 11 is 0. The van der Waals surface area contributed by atoms with E-state index in [1.807, 2.05) is 182 Å². The molecule has 6 aromatic rings. The van der Waals surface area contributed by atoms with Crippen LogP contribution in [0.4, 0.5) is 0 Å². The molecule has 0 radical (unpaired) electrons. The van der Waals surface area contributed by atoms with Crippen molar-refractivity contribution < 1.29 is 29.0 Å². The quantitative estimate of drug-likeness (QED) is 0.108. The van der Waals surface area contributed by atoms with Gasteiger partial charge in [0.05, 0.1) is 6.42 Å². The van der Waals surface area contributed by atoms with Gasteiger partial charge in [0.15, 0.2) is 11.9 Å². The molecule has 1 aliphatic heterocycles. The molecule has 0 bridgehead atoms. The molecule has 1 fully saturated rings. The second kappa shape index (κ2) is 17.7. The average Bonchev–Trinajstić information content (AvgIpc) is 3.24. The number of nitrogens with one attached hydrogen (secondary N) is 1. The van der Waals surface area contributed by atoms with Crippen molar-refractivity contribution in [2.75, 3.05) is 6.61 Å². The van der Waals surface area contributed by atoms with Gasteiger partial charge in [0.2, 0.25) is 5.91 Å². The number of esters is 1. The highest BCUT2D eigenvalue weighted by Gasteiger charge is 2.56. The number of hydrogen-bond donors (Lipinski definition) is 2. The summed E-state index contributed by atoms with van der Waals surface area (Å²) in [5, 5.41) is 17.8. The predicted molar refractivity (Wildman–Crippen MR) is 221 cm³/mol. The van der Waals surface area contributed by atoms with Crippen molar-refractivity contribution in [3.05, 3.63) is 199 Å². The number of likely N-dealkylation sites (tertiary alicyclic amines) is 1. The second-order valence-electron chi connectivity index (χ2n) is 13.6. The molecule has 2 N–H and O–H groups in total. The fourth-order valence-corrected chi connectivity index (χ4v) is 11.7. The Kier molecular flexibility index (Phi) is 12.1. The fourth-order valence-electron chi connectivity index (χ4n) is 7.27. The number of ketones is 1. The highest BCUT2D eigenvalue weighted by atomic mass is 31.2. The smallest absolute Gasteiger partial charge is 0.351 e. The molecule has 7 rings (SSSR count). The molecule has 0 spiro atoms. The van der Waals surface area contributed by atoms with Gasteiger partial charge in [-0.3, -0.25) is 9.59 Å². The van der Waals surface area contributed by atoms with Crippen LogP contribution >= 0.6 is 6.89 Å². The predicted octanol–water partition coefficient (Wildman–Crippen LogP) is 5.74. The first-order valence-electron chi connectivity index (χ1n) is 18.5. The van der Waals surface area contributed by atoms with E-state index in [1.165, 1.54) is 11.8 Å². The number of nitrogens with zero attached hydrogens (tertiary/aromatic N) is 1. The zero-order valence-electron chi connectivity index (χ0n) is 30.9. The summed E-state index contributed by atoms with van der Waals surface area (Å²) in [4.78, 5) is 43.2. The van der Waals surface area contributed by atoms with E-state index in [0.717, 1.165) is 32.6 Å². The number of amides is 1. The minimum atomic E-state index is -3.29. The lowest BCUT2D eigenvalue weighted by Crippen LogP contribution is -2.76. The maximum absolute atomic E-state index is 15.7. The van der Waals surface area contributed by atoms with Gasteiger partial charge in [-0.2, -0.15) is 0 Å². The lowest BCUT2D eigenvalue weighted by molar-refractivity contribution is -0.213. The third-order valence-corrected chi connectivity index (χ3v) is 14.1. The molecule has 6 aromatic carbocycles. The number of Topliss-reactive ketones (excluding diaryl/α,β-unsaturated/α-hetero) is 1. The van der Waals surface area contributed by atoms with E-state index in [-0.39, 0.29) is 30.1 Å². The van der Waals surface area contributed by atoms with Crippen molar-refractivity contribution in [3.63, 3.8) is 0 Å².